The predicted molar refractivity (Wildman–Crippen MR) is 162 cm³/mol. The molecule has 7 rings (SSSR count). The number of halogens is 1. The molecule has 0 bridgehead atoms. The van der Waals surface area contributed by atoms with Crippen molar-refractivity contribution >= 4 is 28.6 Å². The van der Waals surface area contributed by atoms with Gasteiger partial charge in [0.15, 0.2) is 29.3 Å². The molecule has 0 aromatic heterocycles. The standard InChI is InChI=1S/C35H39FN2O6/c1-18-4-11-25(38-21-8-6-20(37)7-9-21)31(36)29(18)32-43-28-15-24-23-10-5-19-14-22(40)12-13-33(19,2)30(23)26(41)16-34(24,3)35(28,44-32)27(42)17-39/h4,6-9,11-14,23-24,26,28,30,32,38-39,41H,5,10,15-17,37H2,1-3H3/t23-,24-,26-,28+,30+,32-,33-,34-,35+/m0/s1. The molecule has 3 saturated carbocycles. The van der Waals surface area contributed by atoms with Gasteiger partial charge in [-0.1, -0.05) is 31.6 Å². The summed E-state index contributed by atoms with van der Waals surface area (Å²) >= 11 is 0. The minimum absolute atomic E-state index is 0.0305. The Hall–Kier alpha value is -3.37. The maximum Gasteiger partial charge on any atom is 0.193 e. The molecule has 9 heteroatoms. The van der Waals surface area contributed by atoms with Crippen LogP contribution in [0.4, 0.5) is 21.5 Å². The van der Waals surface area contributed by atoms with Crippen LogP contribution >= 0.6 is 0 Å². The Morgan fingerprint density at radius 2 is 1.93 bits per heavy atom. The minimum Gasteiger partial charge on any atom is -0.399 e. The summed E-state index contributed by atoms with van der Waals surface area (Å²) in [6.45, 7) is 5.07. The SMILES string of the molecule is Cc1ccc(Nc2ccc(N)cc2)c(F)c1[C@H]1O[C@@H]2C[C@H]3[C@@H]4CCC5=CC(=O)C=C[C@]5(C)[C@H]4[C@@H](O)C[C@]3(C)[C@]2(C(=O)CO)O1. The number of nitrogens with two attached hydrogens (primary N) is 1. The summed E-state index contributed by atoms with van der Waals surface area (Å²) in [6, 6.07) is 10.4. The predicted octanol–water partition coefficient (Wildman–Crippen LogP) is 5.06. The number of benzene rings is 2. The molecule has 0 radical (unpaired) electrons. The number of fused-ring (bicyclic) bond motifs is 7. The van der Waals surface area contributed by atoms with E-state index >= 15 is 4.39 Å². The first kappa shape index (κ1) is 29.3. The molecule has 0 spiro atoms. The highest BCUT2D eigenvalue weighted by Gasteiger charge is 2.76. The number of hydrogen-bond donors (Lipinski definition) is 4. The quantitative estimate of drug-likeness (QED) is 0.349. The topological polar surface area (TPSA) is 131 Å². The van der Waals surface area contributed by atoms with Crippen LogP contribution in [-0.2, 0) is 19.1 Å². The molecule has 8 nitrogen and oxygen atoms in total. The Morgan fingerprint density at radius 3 is 2.66 bits per heavy atom. The summed E-state index contributed by atoms with van der Waals surface area (Å²) in [6.07, 6.45) is 4.77. The molecule has 1 heterocycles. The Kier molecular flexibility index (Phi) is 6.72. The molecule has 4 fully saturated rings. The van der Waals surface area contributed by atoms with Gasteiger partial charge in [0.25, 0.3) is 0 Å². The molecule has 5 N–H and O–H groups in total. The zero-order chi connectivity index (χ0) is 31.2. The van der Waals surface area contributed by atoms with Crippen LogP contribution in [0.2, 0.25) is 0 Å². The minimum atomic E-state index is -1.56. The van der Waals surface area contributed by atoms with E-state index in [2.05, 4.69) is 12.2 Å². The number of aliphatic hydroxyl groups excluding tert-OH is 2. The van der Waals surface area contributed by atoms with E-state index in [-0.39, 0.29) is 41.2 Å². The molecule has 2 aromatic rings. The Morgan fingerprint density at radius 1 is 1.18 bits per heavy atom. The van der Waals surface area contributed by atoms with Gasteiger partial charge in [-0.3, -0.25) is 9.59 Å². The van der Waals surface area contributed by atoms with Crippen LogP contribution in [0.5, 0.6) is 0 Å². The van der Waals surface area contributed by atoms with Gasteiger partial charge in [0.1, 0.15) is 6.61 Å². The number of Topliss-reactive ketones (excluding diaryl/α,β-unsaturated/α-hetero) is 1. The fourth-order valence-corrected chi connectivity index (χ4v) is 9.61. The van der Waals surface area contributed by atoms with Crippen LogP contribution in [0.25, 0.3) is 0 Å². The van der Waals surface area contributed by atoms with Crippen molar-refractivity contribution in [2.75, 3.05) is 17.7 Å². The van der Waals surface area contributed by atoms with E-state index in [1.165, 1.54) is 0 Å². The second-order valence-electron chi connectivity index (χ2n) is 13.7. The first-order chi connectivity index (χ1) is 20.9. The number of ether oxygens (including phenoxy) is 2. The van der Waals surface area contributed by atoms with E-state index in [0.29, 0.717) is 23.4 Å². The highest BCUT2D eigenvalue weighted by Crippen LogP contribution is 2.70. The summed E-state index contributed by atoms with van der Waals surface area (Å²) in [5.74, 6) is -1.25. The molecule has 9 atom stereocenters. The molecule has 1 saturated heterocycles. The van der Waals surface area contributed by atoms with E-state index in [9.17, 15) is 19.8 Å². The summed E-state index contributed by atoms with van der Waals surface area (Å²) in [7, 11) is 0. The molecule has 2 aromatic carbocycles. The number of hydrogen-bond acceptors (Lipinski definition) is 8. The molecule has 44 heavy (non-hydrogen) atoms. The van der Waals surface area contributed by atoms with Crippen LogP contribution in [0.15, 0.2) is 60.2 Å². The largest absolute Gasteiger partial charge is 0.399 e. The lowest BCUT2D eigenvalue weighted by atomic mass is 9.46. The molecule has 5 aliphatic rings. The van der Waals surface area contributed by atoms with Gasteiger partial charge >= 0.3 is 0 Å². The number of aliphatic hydroxyl groups is 2. The average Bonchev–Trinajstić information content (AvgIpc) is 3.48. The van der Waals surface area contributed by atoms with E-state index < -0.39 is 53.1 Å². The maximum absolute atomic E-state index is 16.2. The van der Waals surface area contributed by atoms with E-state index in [1.54, 1.807) is 55.5 Å². The molecular weight excluding hydrogens is 563 g/mol. The molecule has 0 unspecified atom stereocenters. The Bertz CT molecular complexity index is 1600. The van der Waals surface area contributed by atoms with Crippen molar-refractivity contribution in [1.82, 2.24) is 0 Å². The highest BCUT2D eigenvalue weighted by atomic mass is 19.1. The van der Waals surface area contributed by atoms with Gasteiger partial charge in [-0.05, 0) is 92.5 Å². The number of aryl methyl sites for hydroxylation is 1. The van der Waals surface area contributed by atoms with E-state index in [0.717, 1.165) is 18.4 Å². The monoisotopic (exact) mass is 602 g/mol. The molecule has 4 aliphatic carbocycles. The number of nitrogens with one attached hydrogen (secondary N) is 1. The highest BCUT2D eigenvalue weighted by molar-refractivity contribution is 6.01. The van der Waals surface area contributed by atoms with Crippen molar-refractivity contribution in [3.8, 4) is 0 Å². The van der Waals surface area contributed by atoms with Gasteiger partial charge < -0.3 is 30.7 Å². The third kappa shape index (κ3) is 3.95. The lowest BCUT2D eigenvalue weighted by Crippen LogP contribution is -2.63. The van der Waals surface area contributed by atoms with Gasteiger partial charge in [0.05, 0.1) is 17.9 Å². The summed E-state index contributed by atoms with van der Waals surface area (Å²) in [5, 5.41) is 25.2. The first-order valence-electron chi connectivity index (χ1n) is 15.4. The fourth-order valence-electron chi connectivity index (χ4n) is 9.61. The first-order valence-corrected chi connectivity index (χ1v) is 15.4. The van der Waals surface area contributed by atoms with Gasteiger partial charge in [-0.25, -0.2) is 4.39 Å². The number of ketones is 2. The van der Waals surface area contributed by atoms with Crippen molar-refractivity contribution < 1.29 is 33.7 Å². The number of rotatable bonds is 5. The van der Waals surface area contributed by atoms with Crippen molar-refractivity contribution in [3.05, 3.63) is 77.1 Å². The van der Waals surface area contributed by atoms with Crippen molar-refractivity contribution in [2.24, 2.45) is 28.6 Å². The lowest BCUT2D eigenvalue weighted by molar-refractivity contribution is -0.201. The van der Waals surface area contributed by atoms with Crippen LogP contribution in [0.3, 0.4) is 0 Å². The van der Waals surface area contributed by atoms with E-state index in [1.807, 2.05) is 13.0 Å². The number of carbonyl (C=O) groups is 2. The summed E-state index contributed by atoms with van der Waals surface area (Å²) < 4.78 is 29.4. The van der Waals surface area contributed by atoms with Crippen molar-refractivity contribution in [3.63, 3.8) is 0 Å². The second-order valence-corrected chi connectivity index (χ2v) is 13.7. The van der Waals surface area contributed by atoms with Crippen LogP contribution in [0, 0.1) is 41.3 Å². The Balaban J connectivity index is 1.24. The smallest absolute Gasteiger partial charge is 0.193 e. The summed E-state index contributed by atoms with van der Waals surface area (Å²) in [5.41, 5.74) is 6.21. The number of nitrogen functional groups attached to an aromatic ring is 1. The summed E-state index contributed by atoms with van der Waals surface area (Å²) in [4.78, 5) is 26.0. The van der Waals surface area contributed by atoms with Gasteiger partial charge in [-0.15, -0.1) is 0 Å². The van der Waals surface area contributed by atoms with Crippen LogP contribution in [0.1, 0.15) is 56.9 Å². The Labute approximate surface area is 256 Å². The third-order valence-corrected chi connectivity index (χ3v) is 11.6. The lowest BCUT2D eigenvalue weighted by Gasteiger charge is -2.59. The van der Waals surface area contributed by atoms with Crippen LogP contribution in [-0.4, -0.2) is 46.2 Å². The second kappa shape index (κ2) is 10.1. The molecule has 1 aliphatic heterocycles. The van der Waals surface area contributed by atoms with Gasteiger partial charge in [0, 0.05) is 33.7 Å². The molecular formula is C35H39FN2O6. The van der Waals surface area contributed by atoms with Crippen LogP contribution < -0.4 is 11.1 Å². The average molecular weight is 603 g/mol. The molecule has 0 amide bonds. The normalized spacial score (nSPS) is 38.8. The zero-order valence-corrected chi connectivity index (χ0v) is 25.2. The maximum atomic E-state index is 16.2. The van der Waals surface area contributed by atoms with Crippen molar-refractivity contribution in [2.45, 2.75) is 70.6 Å². The van der Waals surface area contributed by atoms with Crippen molar-refractivity contribution in [1.29, 1.82) is 0 Å². The van der Waals surface area contributed by atoms with Gasteiger partial charge in [0.2, 0.25) is 0 Å². The number of allylic oxidation sites excluding steroid dienone is 4. The number of anilines is 3. The van der Waals surface area contributed by atoms with Gasteiger partial charge in [-0.2, -0.15) is 0 Å². The number of carbonyl (C=O) groups excluding carboxylic acids is 2. The fraction of sp³-hybridized carbons (Fsp3) is 0.486. The van der Waals surface area contributed by atoms with E-state index in [4.69, 9.17) is 15.2 Å². The third-order valence-electron chi connectivity index (χ3n) is 11.6. The molecule has 232 valence electrons. The zero-order valence-electron chi connectivity index (χ0n) is 25.2.